The van der Waals surface area contributed by atoms with Gasteiger partial charge >= 0.3 is 0 Å². The average molecular weight is 735 g/mol. The van der Waals surface area contributed by atoms with Crippen LogP contribution in [0, 0.1) is 13.8 Å². The second-order valence-corrected chi connectivity index (χ2v) is 17.2. The van der Waals surface area contributed by atoms with Crippen LogP contribution in [0.5, 0.6) is 0 Å². The highest BCUT2D eigenvalue weighted by Crippen LogP contribution is 2.58. The summed E-state index contributed by atoms with van der Waals surface area (Å²) < 4.78 is 6.82. The first-order valence-corrected chi connectivity index (χ1v) is 22.3. The van der Waals surface area contributed by atoms with Gasteiger partial charge in [-0.25, -0.2) is 0 Å². The highest BCUT2D eigenvalue weighted by Gasteiger charge is 2.45. The Labute approximate surface area is 332 Å². The molecule has 0 atom stereocenters. The molecule has 7 rings (SSSR count). The van der Waals surface area contributed by atoms with Crippen LogP contribution >= 0.6 is 0 Å². The zero-order chi connectivity index (χ0) is 38.4. The molecule has 0 N–H and O–H groups in total. The topological polar surface area (TPSA) is 38.9 Å². The van der Waals surface area contributed by atoms with E-state index in [-0.39, 0.29) is 10.8 Å². The van der Waals surface area contributed by atoms with Crippen LogP contribution in [0.25, 0.3) is 45.2 Å². The molecule has 0 saturated carbocycles. The molecular weight excluding hydrogens is 669 g/mol. The fourth-order valence-electron chi connectivity index (χ4n) is 10.7. The minimum absolute atomic E-state index is 0.00664. The van der Waals surface area contributed by atoms with E-state index in [9.17, 15) is 0 Å². The van der Waals surface area contributed by atoms with Gasteiger partial charge < -0.3 is 4.42 Å². The van der Waals surface area contributed by atoms with Crippen LogP contribution in [0.2, 0.25) is 0 Å². The average Bonchev–Trinajstić information content (AvgIpc) is 3.86. The van der Waals surface area contributed by atoms with E-state index in [1.54, 1.807) is 0 Å². The van der Waals surface area contributed by atoms with Gasteiger partial charge in [0.05, 0.1) is 0 Å². The van der Waals surface area contributed by atoms with Crippen LogP contribution in [0.15, 0.2) is 77.2 Å². The Morgan fingerprint density at radius 3 is 1.69 bits per heavy atom. The normalized spacial score (nSPS) is 14.5. The lowest BCUT2D eigenvalue weighted by Crippen LogP contribution is -2.26. The zero-order valence-corrected chi connectivity index (χ0v) is 35.0. The van der Waals surface area contributed by atoms with Crippen molar-refractivity contribution in [2.24, 2.45) is 0 Å². The minimum Gasteiger partial charge on any atom is -0.416 e. The van der Waals surface area contributed by atoms with Crippen LogP contribution in [-0.4, -0.2) is 10.2 Å². The summed E-state index contributed by atoms with van der Waals surface area (Å²) in [5.41, 5.74) is 16.1. The number of aryl methyl sites for hydroxylation is 2. The Morgan fingerprint density at radius 1 is 0.436 bits per heavy atom. The van der Waals surface area contributed by atoms with Gasteiger partial charge in [-0.3, -0.25) is 0 Å². The summed E-state index contributed by atoms with van der Waals surface area (Å²) >= 11 is 0. The van der Waals surface area contributed by atoms with Crippen LogP contribution in [0.3, 0.4) is 0 Å². The van der Waals surface area contributed by atoms with Crippen molar-refractivity contribution in [2.45, 2.75) is 168 Å². The van der Waals surface area contributed by atoms with E-state index in [1.807, 2.05) is 0 Å². The summed E-state index contributed by atoms with van der Waals surface area (Å²) in [7, 11) is 0. The molecule has 0 saturated heterocycles. The molecule has 5 aromatic rings. The molecule has 1 aromatic heterocycles. The highest BCUT2D eigenvalue weighted by atomic mass is 16.4. The van der Waals surface area contributed by atoms with Crippen molar-refractivity contribution in [3.8, 4) is 45.2 Å². The van der Waals surface area contributed by atoms with Crippen molar-refractivity contribution in [3.63, 3.8) is 0 Å². The summed E-state index contributed by atoms with van der Waals surface area (Å²) in [4.78, 5) is 0. The van der Waals surface area contributed by atoms with Gasteiger partial charge in [-0.15, -0.1) is 10.2 Å². The summed E-state index contributed by atoms with van der Waals surface area (Å²) in [6, 6.07) is 28.0. The molecule has 0 bridgehead atoms. The van der Waals surface area contributed by atoms with E-state index >= 15 is 0 Å². The van der Waals surface area contributed by atoms with Crippen molar-refractivity contribution in [2.75, 3.05) is 0 Å². The van der Waals surface area contributed by atoms with Gasteiger partial charge in [0.25, 0.3) is 0 Å². The molecule has 55 heavy (non-hydrogen) atoms. The maximum atomic E-state index is 6.82. The third-order valence-electron chi connectivity index (χ3n) is 13.2. The Balaban J connectivity index is 1.29. The van der Waals surface area contributed by atoms with Crippen LogP contribution in [0.4, 0.5) is 0 Å². The molecule has 2 aliphatic carbocycles. The fraction of sp³-hybridized carbons (Fsp3) is 0.500. The van der Waals surface area contributed by atoms with Gasteiger partial charge in [0.2, 0.25) is 11.8 Å². The molecule has 0 amide bonds. The molecule has 3 heteroatoms. The first kappa shape index (κ1) is 39.3. The van der Waals surface area contributed by atoms with Gasteiger partial charge in [0.1, 0.15) is 0 Å². The van der Waals surface area contributed by atoms with E-state index in [2.05, 4.69) is 114 Å². The highest BCUT2D eigenvalue weighted by molar-refractivity contribution is 5.92. The third-order valence-corrected chi connectivity index (χ3v) is 13.2. The number of hydrogen-bond acceptors (Lipinski definition) is 3. The Hall–Kier alpha value is -3.98. The molecule has 4 aromatic carbocycles. The summed E-state index contributed by atoms with van der Waals surface area (Å²) in [5, 5.41) is 9.65. The zero-order valence-electron chi connectivity index (χ0n) is 35.0. The molecule has 3 nitrogen and oxygen atoms in total. The summed E-state index contributed by atoms with van der Waals surface area (Å²) in [6.07, 6.45) is 22.8. The van der Waals surface area contributed by atoms with E-state index < -0.39 is 0 Å². The molecule has 1 heterocycles. The smallest absolute Gasteiger partial charge is 0.248 e. The number of benzene rings is 4. The monoisotopic (exact) mass is 735 g/mol. The van der Waals surface area contributed by atoms with Crippen molar-refractivity contribution in [1.29, 1.82) is 0 Å². The minimum atomic E-state index is 0.00664. The molecule has 0 fully saturated rings. The number of hydrogen-bond donors (Lipinski definition) is 0. The van der Waals surface area contributed by atoms with Crippen LogP contribution in [0.1, 0.15) is 177 Å². The second-order valence-electron chi connectivity index (χ2n) is 17.2. The lowest BCUT2D eigenvalue weighted by molar-refractivity contribution is 0.397. The molecule has 0 radical (unpaired) electrons. The molecule has 0 unspecified atom stereocenters. The quantitative estimate of drug-likeness (QED) is 0.0747. The Kier molecular flexibility index (Phi) is 12.4. The Morgan fingerprint density at radius 2 is 1.00 bits per heavy atom. The van der Waals surface area contributed by atoms with Gasteiger partial charge in [-0.2, -0.15) is 0 Å². The number of aromatic nitrogens is 2. The maximum Gasteiger partial charge on any atom is 0.248 e. The van der Waals surface area contributed by atoms with Crippen molar-refractivity contribution in [1.82, 2.24) is 10.2 Å². The second kappa shape index (κ2) is 17.4. The fourth-order valence-corrected chi connectivity index (χ4v) is 10.7. The van der Waals surface area contributed by atoms with E-state index in [0.717, 1.165) is 36.8 Å². The Bertz CT molecular complexity index is 2040. The summed E-state index contributed by atoms with van der Waals surface area (Å²) in [6.45, 7) is 13.8. The lowest BCUT2D eigenvalue weighted by Gasteiger charge is -2.33. The number of fused-ring (bicyclic) bond motifs is 6. The van der Waals surface area contributed by atoms with Crippen LogP contribution < -0.4 is 0 Å². The molecule has 0 spiro atoms. The SMILES string of the molecule is CCCCCCCCC1(CCCCCCCC)c2cc(C)ccc2-c2c(-c3nnc(-c4ccc5c(c4)C(CCC)(CCC)c4ccccc4-5)o3)cc(C)cc21. The van der Waals surface area contributed by atoms with Gasteiger partial charge in [-0.05, 0) is 108 Å². The standard InChI is InChI=1S/C52H66N2O/c1-7-11-13-15-17-21-31-52(32-22-18-16-14-12-8-2)45-34-37(5)25-27-42(45)48-43(33-38(6)35-47(48)52)50-54-53-49(55-50)39-26-28-41-40-23-19-20-24-44(40)51(29-9-3,30-10-4)46(41)36-39/h19-20,23-28,33-36H,7-18,21-22,29-32H2,1-6H3. The van der Waals surface area contributed by atoms with Crippen LogP contribution in [-0.2, 0) is 10.8 Å². The predicted molar refractivity (Wildman–Crippen MR) is 233 cm³/mol. The molecule has 2 aliphatic rings. The molecule has 290 valence electrons. The third kappa shape index (κ3) is 7.50. The van der Waals surface area contributed by atoms with Crippen molar-refractivity contribution >= 4 is 0 Å². The number of nitrogens with zero attached hydrogens (tertiary/aromatic N) is 2. The predicted octanol–water partition coefficient (Wildman–Crippen LogP) is 15.7. The number of unbranched alkanes of at least 4 members (excludes halogenated alkanes) is 10. The van der Waals surface area contributed by atoms with E-state index in [0.29, 0.717) is 11.8 Å². The first-order chi connectivity index (χ1) is 26.9. The van der Waals surface area contributed by atoms with Gasteiger partial charge in [0, 0.05) is 22.0 Å². The largest absolute Gasteiger partial charge is 0.416 e. The van der Waals surface area contributed by atoms with Gasteiger partial charge in [-0.1, -0.05) is 178 Å². The first-order valence-electron chi connectivity index (χ1n) is 22.3. The number of rotatable bonds is 20. The maximum absolute atomic E-state index is 6.82. The van der Waals surface area contributed by atoms with Crippen molar-refractivity contribution in [3.05, 3.63) is 106 Å². The van der Waals surface area contributed by atoms with Crippen molar-refractivity contribution < 1.29 is 4.42 Å². The van der Waals surface area contributed by atoms with E-state index in [1.165, 1.54) is 146 Å². The summed E-state index contributed by atoms with van der Waals surface area (Å²) in [5.74, 6) is 1.24. The van der Waals surface area contributed by atoms with E-state index in [4.69, 9.17) is 14.6 Å². The molecular formula is C52H66N2O. The molecule has 0 aliphatic heterocycles. The van der Waals surface area contributed by atoms with Gasteiger partial charge in [0.15, 0.2) is 0 Å². The lowest BCUT2D eigenvalue weighted by atomic mass is 9.70.